The molecular formula is C17H13F3N2O2S2. The Bertz CT molecular complexity index is 1030. The molecule has 3 rings (SSSR count). The smallest absolute Gasteiger partial charge is 0.332 e. The molecule has 0 fully saturated rings. The predicted octanol–water partition coefficient (Wildman–Crippen LogP) is 4.98. The zero-order valence-corrected chi connectivity index (χ0v) is 15.0. The molecule has 26 heavy (non-hydrogen) atoms. The number of hydrogen-bond donors (Lipinski definition) is 1. The average molecular weight is 398 g/mol. The highest BCUT2D eigenvalue weighted by Crippen LogP contribution is 2.32. The highest BCUT2D eigenvalue weighted by Gasteiger charge is 2.30. The summed E-state index contributed by atoms with van der Waals surface area (Å²) in [7, 11) is -3.28. The van der Waals surface area contributed by atoms with E-state index in [1.165, 1.54) is 35.6 Å². The number of benzene rings is 2. The third-order valence-electron chi connectivity index (χ3n) is 3.52. The van der Waals surface area contributed by atoms with Crippen LogP contribution in [0.5, 0.6) is 0 Å². The second-order valence-electron chi connectivity index (χ2n) is 5.54. The third kappa shape index (κ3) is 4.23. The number of hydrogen-bond acceptors (Lipinski definition) is 5. The second-order valence-corrected chi connectivity index (χ2v) is 8.41. The molecular weight excluding hydrogens is 385 g/mol. The van der Waals surface area contributed by atoms with Crippen LogP contribution in [0, 0.1) is 0 Å². The summed E-state index contributed by atoms with van der Waals surface area (Å²) < 4.78 is 61.3. The maximum atomic E-state index is 12.8. The van der Waals surface area contributed by atoms with Crippen LogP contribution in [-0.4, -0.2) is 19.7 Å². The predicted molar refractivity (Wildman–Crippen MR) is 95.4 cm³/mol. The largest absolute Gasteiger partial charge is 0.416 e. The first kappa shape index (κ1) is 18.4. The molecule has 136 valence electrons. The molecule has 0 aliphatic carbocycles. The van der Waals surface area contributed by atoms with Crippen molar-refractivity contribution in [3.63, 3.8) is 0 Å². The van der Waals surface area contributed by atoms with Crippen molar-refractivity contribution in [3.05, 3.63) is 59.5 Å². The second kappa shape index (κ2) is 6.73. The molecule has 0 saturated heterocycles. The molecule has 0 aliphatic heterocycles. The van der Waals surface area contributed by atoms with Crippen LogP contribution in [0.3, 0.4) is 0 Å². The van der Waals surface area contributed by atoms with E-state index in [9.17, 15) is 21.6 Å². The van der Waals surface area contributed by atoms with E-state index in [2.05, 4.69) is 10.3 Å². The molecule has 1 N–H and O–H groups in total. The summed E-state index contributed by atoms with van der Waals surface area (Å²) in [6.45, 7) is 0. The van der Waals surface area contributed by atoms with Crippen molar-refractivity contribution in [2.75, 3.05) is 11.6 Å². The Morgan fingerprint density at radius 3 is 2.38 bits per heavy atom. The van der Waals surface area contributed by atoms with Gasteiger partial charge in [-0.05, 0) is 30.3 Å². The normalized spacial score (nSPS) is 12.2. The van der Waals surface area contributed by atoms with Crippen LogP contribution >= 0.6 is 11.3 Å². The van der Waals surface area contributed by atoms with E-state index in [-0.39, 0.29) is 10.6 Å². The fourth-order valence-corrected chi connectivity index (χ4v) is 3.60. The molecule has 0 saturated carbocycles. The van der Waals surface area contributed by atoms with Crippen molar-refractivity contribution in [2.24, 2.45) is 0 Å². The summed E-state index contributed by atoms with van der Waals surface area (Å²) in [5.74, 6) is 0. The molecule has 0 aliphatic rings. The van der Waals surface area contributed by atoms with Crippen molar-refractivity contribution in [3.8, 4) is 11.3 Å². The van der Waals surface area contributed by atoms with Crippen LogP contribution in [-0.2, 0) is 16.0 Å². The Kier molecular flexibility index (Phi) is 4.76. The number of nitrogens with one attached hydrogen (secondary N) is 1. The molecule has 0 radical (unpaired) electrons. The third-order valence-corrected chi connectivity index (χ3v) is 5.41. The zero-order chi connectivity index (χ0) is 18.9. The van der Waals surface area contributed by atoms with Crippen LogP contribution in [0.2, 0.25) is 0 Å². The van der Waals surface area contributed by atoms with Crippen molar-refractivity contribution in [1.82, 2.24) is 4.98 Å². The van der Waals surface area contributed by atoms with E-state index in [1.807, 2.05) is 0 Å². The average Bonchev–Trinajstić information content (AvgIpc) is 3.02. The van der Waals surface area contributed by atoms with Crippen molar-refractivity contribution < 1.29 is 21.6 Å². The van der Waals surface area contributed by atoms with E-state index in [0.29, 0.717) is 16.4 Å². The lowest BCUT2D eigenvalue weighted by molar-refractivity contribution is -0.137. The van der Waals surface area contributed by atoms with Gasteiger partial charge in [0.1, 0.15) is 0 Å². The number of anilines is 2. The van der Waals surface area contributed by atoms with Gasteiger partial charge in [0.05, 0.1) is 16.2 Å². The van der Waals surface area contributed by atoms with Crippen LogP contribution in [0.4, 0.5) is 24.0 Å². The Labute approximate surface area is 152 Å². The van der Waals surface area contributed by atoms with Gasteiger partial charge in [0.25, 0.3) is 0 Å². The van der Waals surface area contributed by atoms with Gasteiger partial charge in [0.15, 0.2) is 15.0 Å². The molecule has 4 nitrogen and oxygen atoms in total. The molecule has 0 spiro atoms. The molecule has 3 aromatic rings. The topological polar surface area (TPSA) is 59.1 Å². The molecule has 0 bridgehead atoms. The van der Waals surface area contributed by atoms with Gasteiger partial charge in [-0.2, -0.15) is 13.2 Å². The van der Waals surface area contributed by atoms with E-state index in [1.54, 1.807) is 17.5 Å². The van der Waals surface area contributed by atoms with Gasteiger partial charge in [-0.3, -0.25) is 0 Å². The van der Waals surface area contributed by atoms with Gasteiger partial charge in [-0.15, -0.1) is 11.3 Å². The lowest BCUT2D eigenvalue weighted by atomic mass is 10.2. The first-order valence-corrected chi connectivity index (χ1v) is 10.1. The fourth-order valence-electron chi connectivity index (χ4n) is 2.23. The number of aromatic nitrogens is 1. The first-order chi connectivity index (χ1) is 12.1. The molecule has 1 aromatic heterocycles. The summed E-state index contributed by atoms with van der Waals surface area (Å²) >= 11 is 1.24. The number of rotatable bonds is 4. The van der Waals surface area contributed by atoms with Gasteiger partial charge in [-0.25, -0.2) is 13.4 Å². The maximum Gasteiger partial charge on any atom is 0.416 e. The van der Waals surface area contributed by atoms with Gasteiger partial charge in [-0.1, -0.05) is 18.2 Å². The first-order valence-electron chi connectivity index (χ1n) is 7.33. The van der Waals surface area contributed by atoms with Crippen molar-refractivity contribution in [2.45, 2.75) is 11.1 Å². The van der Waals surface area contributed by atoms with E-state index >= 15 is 0 Å². The molecule has 9 heteroatoms. The Morgan fingerprint density at radius 2 is 1.77 bits per heavy atom. The molecule has 0 unspecified atom stereocenters. The minimum atomic E-state index is -4.41. The summed E-state index contributed by atoms with van der Waals surface area (Å²) in [6.07, 6.45) is -3.28. The summed E-state index contributed by atoms with van der Waals surface area (Å²) in [5, 5.41) is 5.03. The van der Waals surface area contributed by atoms with Crippen molar-refractivity contribution in [1.29, 1.82) is 0 Å². The minimum absolute atomic E-state index is 0.207. The zero-order valence-electron chi connectivity index (χ0n) is 13.4. The highest BCUT2D eigenvalue weighted by molar-refractivity contribution is 7.90. The lowest BCUT2D eigenvalue weighted by Gasteiger charge is -2.08. The van der Waals surface area contributed by atoms with E-state index in [4.69, 9.17) is 0 Å². The van der Waals surface area contributed by atoms with Crippen LogP contribution in [0.1, 0.15) is 5.56 Å². The number of nitrogens with zero attached hydrogens (tertiary/aromatic N) is 1. The number of alkyl halides is 3. The van der Waals surface area contributed by atoms with Gasteiger partial charge >= 0.3 is 6.18 Å². The Hall–Kier alpha value is -2.39. The number of sulfone groups is 1. The lowest BCUT2D eigenvalue weighted by Crippen LogP contribution is -2.05. The monoisotopic (exact) mass is 398 g/mol. The highest BCUT2D eigenvalue weighted by atomic mass is 32.2. The molecule has 2 aromatic carbocycles. The van der Waals surface area contributed by atoms with E-state index < -0.39 is 21.6 Å². The van der Waals surface area contributed by atoms with Gasteiger partial charge in [0.2, 0.25) is 0 Å². The van der Waals surface area contributed by atoms with Crippen LogP contribution in [0.15, 0.2) is 58.8 Å². The molecule has 1 heterocycles. The molecule has 0 atom stereocenters. The van der Waals surface area contributed by atoms with Crippen LogP contribution < -0.4 is 5.32 Å². The number of halogens is 3. The van der Waals surface area contributed by atoms with E-state index in [0.717, 1.165) is 18.4 Å². The van der Waals surface area contributed by atoms with Gasteiger partial charge in [0, 0.05) is 22.9 Å². The standard InChI is InChI=1S/C17H13F3N2O2S2/c1-26(23,24)14-7-5-11(6-8-14)15-10-25-16(22-15)21-13-4-2-3-12(9-13)17(18,19)20/h2-10H,1H3,(H,21,22). The fraction of sp³-hybridized carbons (Fsp3) is 0.118. The Balaban J connectivity index is 1.80. The summed E-state index contributed by atoms with van der Waals surface area (Å²) in [6, 6.07) is 11.1. The van der Waals surface area contributed by atoms with Crippen LogP contribution in [0.25, 0.3) is 11.3 Å². The van der Waals surface area contributed by atoms with Crippen molar-refractivity contribution >= 4 is 32.0 Å². The summed E-state index contributed by atoms with van der Waals surface area (Å²) in [4.78, 5) is 4.54. The quantitative estimate of drug-likeness (QED) is 0.674. The van der Waals surface area contributed by atoms with Gasteiger partial charge < -0.3 is 5.32 Å². The minimum Gasteiger partial charge on any atom is -0.332 e. The Morgan fingerprint density at radius 1 is 1.08 bits per heavy atom. The maximum absolute atomic E-state index is 12.8. The molecule has 0 amide bonds. The number of thiazole rings is 1. The summed E-state index contributed by atoms with van der Waals surface area (Å²) in [5.41, 5.74) is 0.860. The SMILES string of the molecule is CS(=O)(=O)c1ccc(-c2csc(Nc3cccc(C(F)(F)F)c3)n2)cc1.